The van der Waals surface area contributed by atoms with Crippen LogP contribution in [0.4, 0.5) is 4.79 Å². The molecule has 0 aliphatic rings. The zero-order valence-electron chi connectivity index (χ0n) is 35.9. The molecule has 0 saturated carbocycles. The van der Waals surface area contributed by atoms with E-state index in [2.05, 4.69) is 54.0 Å². The number of carboxylic acid groups (broad SMARTS) is 1. The summed E-state index contributed by atoms with van der Waals surface area (Å²) < 4.78 is 23.5. The molecule has 0 saturated heterocycles. The molecule has 1 rings (SSSR count). The van der Waals surface area contributed by atoms with Crippen molar-refractivity contribution in [3.05, 3.63) is 11.9 Å². The second-order valence-corrected chi connectivity index (χ2v) is 16.0. The van der Waals surface area contributed by atoms with Crippen LogP contribution in [0.1, 0.15) is 155 Å². The smallest absolute Gasteiger partial charge is 0.407 e. The zero-order chi connectivity index (χ0) is 41.8. The number of unbranched alkanes of at least 4 members (excludes halogenated alkanes) is 13. The zero-order valence-corrected chi connectivity index (χ0v) is 35.9. The van der Waals surface area contributed by atoms with E-state index in [0.717, 1.165) is 44.2 Å². The number of aromatic nitrogens is 3. The van der Waals surface area contributed by atoms with Crippen molar-refractivity contribution < 1.29 is 43.2 Å². The van der Waals surface area contributed by atoms with E-state index < -0.39 is 18.1 Å². The Bertz CT molecular complexity index is 1180. The number of carbonyl (C=O) groups excluding carboxylic acids is 3. The molecule has 4 N–H and O–H groups in total. The maximum Gasteiger partial charge on any atom is 0.407 e. The summed E-state index contributed by atoms with van der Waals surface area (Å²) in [6, 6.07) is -1.09. The molecule has 1 unspecified atom stereocenters. The van der Waals surface area contributed by atoms with Gasteiger partial charge in [0.25, 0.3) is 0 Å². The van der Waals surface area contributed by atoms with Crippen LogP contribution in [-0.2, 0) is 46.3 Å². The van der Waals surface area contributed by atoms with Crippen molar-refractivity contribution in [3.8, 4) is 0 Å². The van der Waals surface area contributed by atoms with Crippen molar-refractivity contribution in [1.82, 2.24) is 30.9 Å². The van der Waals surface area contributed by atoms with E-state index in [4.69, 9.17) is 18.9 Å². The molecule has 330 valence electrons. The highest BCUT2D eigenvalue weighted by atomic mass is 16.6. The largest absolute Gasteiger partial charge is 0.480 e. The lowest BCUT2D eigenvalue weighted by Crippen LogP contribution is -2.41. The fraction of sp³-hybridized carbons (Fsp3) is 0.857. The van der Waals surface area contributed by atoms with Crippen molar-refractivity contribution in [2.75, 3.05) is 59.3 Å². The van der Waals surface area contributed by atoms with Gasteiger partial charge in [0.2, 0.25) is 11.8 Å². The topological polar surface area (TPSA) is 192 Å². The van der Waals surface area contributed by atoms with Crippen LogP contribution in [0.25, 0.3) is 0 Å². The fourth-order valence-electron chi connectivity index (χ4n) is 5.99. The Morgan fingerprint density at radius 3 is 1.91 bits per heavy atom. The van der Waals surface area contributed by atoms with Gasteiger partial charge in [-0.1, -0.05) is 116 Å². The number of carbonyl (C=O) groups is 4. The summed E-state index contributed by atoms with van der Waals surface area (Å²) in [5.74, 6) is -1.72. The van der Waals surface area contributed by atoms with Crippen LogP contribution in [-0.4, -0.2) is 109 Å². The summed E-state index contributed by atoms with van der Waals surface area (Å²) in [6.45, 7) is 12.8. The van der Waals surface area contributed by atoms with Crippen molar-refractivity contribution in [2.24, 2.45) is 5.41 Å². The SMILES string of the molecule is CCCCCCCCCCCCCCCC(=O)NC(CCC(=O)NCCOCCOCCOCCn1cc(CCOC(=O)NCCCCC(C)(C)C)nn1)C(=O)O. The first kappa shape index (κ1) is 51.7. The van der Waals surface area contributed by atoms with E-state index in [1.54, 1.807) is 4.68 Å². The summed E-state index contributed by atoms with van der Waals surface area (Å²) >= 11 is 0. The molecule has 0 aliphatic heterocycles. The van der Waals surface area contributed by atoms with Gasteiger partial charge in [-0.15, -0.1) is 5.10 Å². The van der Waals surface area contributed by atoms with Gasteiger partial charge >= 0.3 is 12.1 Å². The molecule has 1 heterocycles. The third-order valence-electron chi connectivity index (χ3n) is 9.38. The van der Waals surface area contributed by atoms with Gasteiger partial charge in [-0.05, 0) is 31.1 Å². The van der Waals surface area contributed by atoms with Gasteiger partial charge in [-0.3, -0.25) is 9.59 Å². The maximum atomic E-state index is 12.3. The van der Waals surface area contributed by atoms with E-state index in [1.807, 2.05) is 6.20 Å². The van der Waals surface area contributed by atoms with Crippen molar-refractivity contribution in [2.45, 2.75) is 169 Å². The molecule has 15 heteroatoms. The van der Waals surface area contributed by atoms with Crippen LogP contribution in [0.5, 0.6) is 0 Å². The fourth-order valence-corrected chi connectivity index (χ4v) is 5.99. The minimum absolute atomic E-state index is 0.00930. The highest BCUT2D eigenvalue weighted by Crippen LogP contribution is 2.21. The molecule has 3 amide bonds. The number of nitrogens with zero attached hydrogens (tertiary/aromatic N) is 3. The first-order valence-corrected chi connectivity index (χ1v) is 21.8. The number of hydrogen-bond donors (Lipinski definition) is 4. The Kier molecular flexibility index (Phi) is 31.5. The van der Waals surface area contributed by atoms with Crippen LogP contribution < -0.4 is 16.0 Å². The highest BCUT2D eigenvalue weighted by molar-refractivity contribution is 5.84. The van der Waals surface area contributed by atoms with Crippen molar-refractivity contribution in [1.29, 1.82) is 0 Å². The van der Waals surface area contributed by atoms with Gasteiger partial charge in [-0.2, -0.15) is 0 Å². The molecule has 1 aromatic heterocycles. The molecule has 0 aromatic carbocycles. The number of alkyl carbamates (subject to hydrolysis) is 1. The first-order valence-electron chi connectivity index (χ1n) is 21.8. The number of carboxylic acids is 1. The molecule has 1 atom stereocenters. The van der Waals surface area contributed by atoms with Gasteiger partial charge in [0.05, 0.1) is 58.5 Å². The number of rotatable bonds is 38. The third-order valence-corrected chi connectivity index (χ3v) is 9.38. The molecule has 57 heavy (non-hydrogen) atoms. The van der Waals surface area contributed by atoms with Gasteiger partial charge in [0.15, 0.2) is 0 Å². The second kappa shape index (κ2) is 34.7. The maximum absolute atomic E-state index is 12.3. The Balaban J connectivity index is 1.95. The molecule has 1 aromatic rings. The van der Waals surface area contributed by atoms with Gasteiger partial charge < -0.3 is 40.0 Å². The van der Waals surface area contributed by atoms with E-state index >= 15 is 0 Å². The number of hydrogen-bond acceptors (Lipinski definition) is 10. The Morgan fingerprint density at radius 2 is 1.30 bits per heavy atom. The number of nitrogens with one attached hydrogen (secondary N) is 3. The molecule has 15 nitrogen and oxygen atoms in total. The molecule has 0 fully saturated rings. The summed E-state index contributed by atoms with van der Waals surface area (Å²) in [5, 5.41) is 25.8. The average molecular weight is 811 g/mol. The predicted octanol–water partition coefficient (Wildman–Crippen LogP) is 6.76. The monoisotopic (exact) mass is 811 g/mol. The van der Waals surface area contributed by atoms with Crippen LogP contribution in [0.2, 0.25) is 0 Å². The standard InChI is InChI=1S/C42H78N6O9/c1-5-6-7-8-9-10-11-12-13-14-15-16-17-20-39(50)45-37(40(51)52)21-22-38(49)43-26-29-54-31-33-56-34-32-55-30-27-48-35-36(46-47-48)23-28-57-41(53)44-25-19-18-24-42(2,3)4/h35,37H,5-34H2,1-4H3,(H,43,49)(H,44,53)(H,45,50)(H,51,52). The molecular formula is C42H78N6O9. The normalized spacial score (nSPS) is 12.0. The molecule has 0 bridgehead atoms. The van der Waals surface area contributed by atoms with Crippen LogP contribution in [0, 0.1) is 5.41 Å². The predicted molar refractivity (Wildman–Crippen MR) is 221 cm³/mol. The Hall–Kier alpha value is -3.30. The first-order chi connectivity index (χ1) is 27.5. The van der Waals surface area contributed by atoms with Gasteiger partial charge in [0.1, 0.15) is 6.04 Å². The van der Waals surface area contributed by atoms with Crippen molar-refractivity contribution >= 4 is 23.9 Å². The number of amides is 3. The molecule has 0 radical (unpaired) electrons. The van der Waals surface area contributed by atoms with Crippen LogP contribution in [0.3, 0.4) is 0 Å². The summed E-state index contributed by atoms with van der Waals surface area (Å²) in [7, 11) is 0. The summed E-state index contributed by atoms with van der Waals surface area (Å²) in [5.41, 5.74) is 1.04. The lowest BCUT2D eigenvalue weighted by Gasteiger charge is -2.17. The van der Waals surface area contributed by atoms with Crippen molar-refractivity contribution in [3.63, 3.8) is 0 Å². The number of aliphatic carboxylic acids is 1. The minimum Gasteiger partial charge on any atom is -0.480 e. The van der Waals surface area contributed by atoms with Crippen LogP contribution >= 0.6 is 0 Å². The number of ether oxygens (including phenoxy) is 4. The van der Waals surface area contributed by atoms with E-state index in [1.165, 1.54) is 64.2 Å². The third kappa shape index (κ3) is 33.4. The summed E-state index contributed by atoms with van der Waals surface area (Å²) in [4.78, 5) is 48.0. The Morgan fingerprint density at radius 1 is 0.702 bits per heavy atom. The minimum atomic E-state index is -1.14. The molecular weight excluding hydrogens is 732 g/mol. The molecule has 0 spiro atoms. The highest BCUT2D eigenvalue weighted by Gasteiger charge is 2.21. The summed E-state index contributed by atoms with van der Waals surface area (Å²) in [6.07, 6.45) is 21.1. The lowest BCUT2D eigenvalue weighted by atomic mass is 9.90. The van der Waals surface area contributed by atoms with E-state index in [9.17, 15) is 24.3 Å². The van der Waals surface area contributed by atoms with E-state index in [0.29, 0.717) is 71.0 Å². The molecule has 0 aliphatic carbocycles. The van der Waals surface area contributed by atoms with Gasteiger partial charge in [0, 0.05) is 38.5 Å². The van der Waals surface area contributed by atoms with E-state index in [-0.39, 0.29) is 37.8 Å². The lowest BCUT2D eigenvalue weighted by molar-refractivity contribution is -0.142. The van der Waals surface area contributed by atoms with Gasteiger partial charge in [-0.25, -0.2) is 14.3 Å². The quantitative estimate of drug-likeness (QED) is 0.0516. The Labute approximate surface area is 342 Å². The second-order valence-electron chi connectivity index (χ2n) is 16.0. The van der Waals surface area contributed by atoms with Crippen LogP contribution in [0.15, 0.2) is 6.20 Å². The average Bonchev–Trinajstić information content (AvgIpc) is 3.62.